The molecule has 0 saturated carbocycles. The van der Waals surface area contributed by atoms with E-state index in [2.05, 4.69) is 23.6 Å². The topological polar surface area (TPSA) is 30.0 Å². The Labute approximate surface area is 87.1 Å². The smallest absolute Gasteiger partial charge is 0.165 e. The molecule has 0 spiro atoms. The molecule has 1 rings (SSSR count). The summed E-state index contributed by atoms with van der Waals surface area (Å²) in [6.07, 6.45) is -0.427. The molecule has 1 aliphatic heterocycles. The summed E-state index contributed by atoms with van der Waals surface area (Å²) in [4.78, 5) is 6.39. The van der Waals surface area contributed by atoms with E-state index in [1.54, 1.807) is 0 Å². The van der Waals surface area contributed by atoms with Gasteiger partial charge in [-0.15, -0.1) is 0 Å². The first-order valence-electron chi connectivity index (χ1n) is 5.35. The summed E-state index contributed by atoms with van der Waals surface area (Å²) < 4.78 is 0. The minimum Gasteiger partial charge on any atom is -0.365 e. The predicted octanol–water partition coefficient (Wildman–Crippen LogP) is -0.150. The lowest BCUT2D eigenvalue weighted by atomic mass is 10.2. The molecule has 0 aliphatic carbocycles. The zero-order valence-corrected chi connectivity index (χ0v) is 9.77. The van der Waals surface area contributed by atoms with Crippen LogP contribution in [0.25, 0.3) is 0 Å². The van der Waals surface area contributed by atoms with Crippen LogP contribution in [0.15, 0.2) is 0 Å². The largest absolute Gasteiger partial charge is 0.365 e. The molecule has 0 radical (unpaired) electrons. The monoisotopic (exact) mass is 201 g/mol. The average Bonchev–Trinajstić information content (AvgIpc) is 2.16. The van der Waals surface area contributed by atoms with Gasteiger partial charge in [0.25, 0.3) is 0 Å². The van der Waals surface area contributed by atoms with Crippen LogP contribution in [0, 0.1) is 0 Å². The second kappa shape index (κ2) is 5.07. The van der Waals surface area contributed by atoms with Crippen LogP contribution in [-0.4, -0.2) is 72.5 Å². The Balaban J connectivity index is 2.35. The van der Waals surface area contributed by atoms with E-state index in [0.717, 1.165) is 26.2 Å². The summed E-state index contributed by atoms with van der Waals surface area (Å²) in [7, 11) is 3.80. The fraction of sp³-hybridized carbons (Fsp3) is 1.00. The molecule has 1 fully saturated rings. The number of nitrogens with zero attached hydrogens (tertiary/aromatic N) is 3. The number of hydrogen-bond donors (Lipinski definition) is 1. The van der Waals surface area contributed by atoms with Gasteiger partial charge in [0.05, 0.1) is 0 Å². The van der Waals surface area contributed by atoms with Gasteiger partial charge in [-0.3, -0.25) is 14.7 Å². The molecule has 14 heavy (non-hydrogen) atoms. The van der Waals surface area contributed by atoms with Crippen molar-refractivity contribution in [2.75, 3.05) is 40.3 Å². The van der Waals surface area contributed by atoms with Crippen LogP contribution in [0.4, 0.5) is 0 Å². The molecule has 1 unspecified atom stereocenters. The quantitative estimate of drug-likeness (QED) is 0.643. The molecule has 1 atom stereocenters. The third kappa shape index (κ3) is 2.92. The Hall–Kier alpha value is -0.160. The Morgan fingerprint density at radius 1 is 1.00 bits per heavy atom. The lowest BCUT2D eigenvalue weighted by molar-refractivity contribution is -0.107. The van der Waals surface area contributed by atoms with Gasteiger partial charge < -0.3 is 5.11 Å². The van der Waals surface area contributed by atoms with Crippen molar-refractivity contribution in [3.05, 3.63) is 0 Å². The standard InChI is InChI=1S/C10H23N3O/c1-9(2)12-5-7-13(8-6-12)10(14)11(3)4/h9-10,14H,5-8H2,1-4H3. The number of piperazine rings is 1. The molecule has 1 heterocycles. The second-order valence-electron chi connectivity index (χ2n) is 4.48. The molecule has 0 amide bonds. The Morgan fingerprint density at radius 3 is 1.79 bits per heavy atom. The van der Waals surface area contributed by atoms with E-state index in [4.69, 9.17) is 0 Å². The van der Waals surface area contributed by atoms with Crippen molar-refractivity contribution in [1.82, 2.24) is 14.7 Å². The van der Waals surface area contributed by atoms with E-state index in [1.807, 2.05) is 19.0 Å². The van der Waals surface area contributed by atoms with E-state index in [9.17, 15) is 5.11 Å². The molecule has 1 aliphatic rings. The van der Waals surface area contributed by atoms with Gasteiger partial charge in [0, 0.05) is 32.2 Å². The van der Waals surface area contributed by atoms with Gasteiger partial charge in [-0.2, -0.15) is 0 Å². The van der Waals surface area contributed by atoms with Crippen molar-refractivity contribution in [2.24, 2.45) is 0 Å². The Kier molecular flexibility index (Phi) is 4.31. The van der Waals surface area contributed by atoms with E-state index in [1.165, 1.54) is 0 Å². The highest BCUT2D eigenvalue weighted by atomic mass is 16.3. The highest BCUT2D eigenvalue weighted by molar-refractivity contribution is 4.74. The first kappa shape index (κ1) is 11.9. The van der Waals surface area contributed by atoms with Crippen molar-refractivity contribution < 1.29 is 5.11 Å². The maximum atomic E-state index is 9.81. The van der Waals surface area contributed by atoms with Crippen LogP contribution >= 0.6 is 0 Å². The lowest BCUT2D eigenvalue weighted by Gasteiger charge is -2.40. The summed E-state index contributed by atoms with van der Waals surface area (Å²) in [5.74, 6) is 0. The molecular formula is C10H23N3O. The maximum Gasteiger partial charge on any atom is 0.165 e. The highest BCUT2D eigenvalue weighted by Crippen LogP contribution is 2.08. The SMILES string of the molecule is CC(C)N1CCN(C(O)N(C)C)CC1. The van der Waals surface area contributed by atoms with Gasteiger partial charge >= 0.3 is 0 Å². The lowest BCUT2D eigenvalue weighted by Crippen LogP contribution is -2.55. The highest BCUT2D eigenvalue weighted by Gasteiger charge is 2.24. The minimum absolute atomic E-state index is 0.427. The summed E-state index contributed by atoms with van der Waals surface area (Å²) >= 11 is 0. The molecule has 4 nitrogen and oxygen atoms in total. The Bertz CT molecular complexity index is 165. The van der Waals surface area contributed by atoms with Crippen LogP contribution in [0.2, 0.25) is 0 Å². The van der Waals surface area contributed by atoms with Crippen molar-refractivity contribution >= 4 is 0 Å². The summed E-state index contributed by atoms with van der Waals surface area (Å²) in [6.45, 7) is 8.47. The number of aliphatic hydroxyl groups is 1. The van der Waals surface area contributed by atoms with Crippen LogP contribution in [0.1, 0.15) is 13.8 Å². The van der Waals surface area contributed by atoms with Crippen LogP contribution in [0.5, 0.6) is 0 Å². The zero-order valence-electron chi connectivity index (χ0n) is 9.77. The van der Waals surface area contributed by atoms with Gasteiger partial charge in [0.15, 0.2) is 6.35 Å². The average molecular weight is 201 g/mol. The zero-order chi connectivity index (χ0) is 10.7. The summed E-state index contributed by atoms with van der Waals surface area (Å²) in [5, 5.41) is 9.81. The summed E-state index contributed by atoms with van der Waals surface area (Å²) in [5.41, 5.74) is 0. The van der Waals surface area contributed by atoms with Crippen molar-refractivity contribution in [3.63, 3.8) is 0 Å². The van der Waals surface area contributed by atoms with E-state index < -0.39 is 6.35 Å². The molecule has 1 N–H and O–H groups in total. The molecule has 0 aromatic rings. The summed E-state index contributed by atoms with van der Waals surface area (Å²) in [6, 6.07) is 0.619. The van der Waals surface area contributed by atoms with Gasteiger partial charge in [-0.25, -0.2) is 0 Å². The predicted molar refractivity (Wildman–Crippen MR) is 58.0 cm³/mol. The van der Waals surface area contributed by atoms with Crippen molar-refractivity contribution in [1.29, 1.82) is 0 Å². The van der Waals surface area contributed by atoms with E-state index in [-0.39, 0.29) is 0 Å². The molecule has 84 valence electrons. The van der Waals surface area contributed by atoms with Crippen molar-refractivity contribution in [2.45, 2.75) is 26.2 Å². The number of rotatable bonds is 3. The third-order valence-corrected chi connectivity index (χ3v) is 2.87. The fourth-order valence-electron chi connectivity index (χ4n) is 1.81. The van der Waals surface area contributed by atoms with Crippen LogP contribution in [-0.2, 0) is 0 Å². The fourth-order valence-corrected chi connectivity index (χ4v) is 1.81. The van der Waals surface area contributed by atoms with E-state index in [0.29, 0.717) is 6.04 Å². The normalized spacial score (nSPS) is 23.4. The van der Waals surface area contributed by atoms with Gasteiger partial charge in [0.2, 0.25) is 0 Å². The van der Waals surface area contributed by atoms with Gasteiger partial charge in [0.1, 0.15) is 0 Å². The molecule has 4 heteroatoms. The van der Waals surface area contributed by atoms with Gasteiger partial charge in [-0.05, 0) is 27.9 Å². The van der Waals surface area contributed by atoms with Crippen LogP contribution in [0.3, 0.4) is 0 Å². The van der Waals surface area contributed by atoms with Crippen molar-refractivity contribution in [3.8, 4) is 0 Å². The molecule has 1 saturated heterocycles. The maximum absolute atomic E-state index is 9.81. The van der Waals surface area contributed by atoms with Crippen LogP contribution < -0.4 is 0 Å². The number of aliphatic hydroxyl groups excluding tert-OH is 1. The number of hydrogen-bond acceptors (Lipinski definition) is 4. The minimum atomic E-state index is -0.427. The second-order valence-corrected chi connectivity index (χ2v) is 4.48. The Morgan fingerprint density at radius 2 is 1.43 bits per heavy atom. The first-order chi connectivity index (χ1) is 6.52. The van der Waals surface area contributed by atoms with Gasteiger partial charge in [-0.1, -0.05) is 0 Å². The first-order valence-corrected chi connectivity index (χ1v) is 5.35. The molecule has 0 aromatic carbocycles. The van der Waals surface area contributed by atoms with E-state index >= 15 is 0 Å². The molecular weight excluding hydrogens is 178 g/mol. The third-order valence-electron chi connectivity index (χ3n) is 2.87. The molecule has 0 bridgehead atoms. The molecule has 0 aromatic heterocycles.